The van der Waals surface area contributed by atoms with E-state index < -0.39 is 20.7 Å². The van der Waals surface area contributed by atoms with Crippen molar-refractivity contribution in [3.8, 4) is 17.6 Å². The summed E-state index contributed by atoms with van der Waals surface area (Å²) < 4.78 is 70.3. The number of hydrogen-bond donors (Lipinski definition) is 1. The van der Waals surface area contributed by atoms with E-state index in [1.54, 1.807) is 17.0 Å². The first kappa shape index (κ1) is 64.5. The minimum Gasteiger partial charge on any atom is -0.744 e. The summed E-state index contributed by atoms with van der Waals surface area (Å²) in [6.45, 7) is 15.5. The van der Waals surface area contributed by atoms with Crippen molar-refractivity contribution in [2.75, 3.05) is 29.4 Å². The van der Waals surface area contributed by atoms with E-state index in [-0.39, 0.29) is 106 Å². The number of allylic oxidation sites excluding steroid dienone is 7. The molecule has 0 atom stereocenters. The summed E-state index contributed by atoms with van der Waals surface area (Å²) in [5.41, 5.74) is 13.1. The average molecular weight is 1150 g/mol. The van der Waals surface area contributed by atoms with Crippen molar-refractivity contribution in [3.05, 3.63) is 196 Å². The van der Waals surface area contributed by atoms with Gasteiger partial charge in [-0.15, -0.1) is 18.7 Å². The number of hydrogen-bond acceptors (Lipinski definition) is 10. The van der Waals surface area contributed by atoms with E-state index in [2.05, 4.69) is 129 Å². The first-order chi connectivity index (χ1) is 37.8. The van der Waals surface area contributed by atoms with Crippen LogP contribution in [-0.2, 0) is 47.7 Å². The Morgan fingerprint density at radius 1 is 0.827 bits per heavy atom. The van der Waals surface area contributed by atoms with Crippen LogP contribution >= 0.6 is 0 Å². The second-order valence-electron chi connectivity index (χ2n) is 21.2. The van der Waals surface area contributed by atoms with Crippen LogP contribution in [0.5, 0.6) is 5.75 Å². The van der Waals surface area contributed by atoms with Crippen LogP contribution in [0.15, 0.2) is 161 Å². The molecule has 9 rings (SSSR count). The van der Waals surface area contributed by atoms with E-state index in [9.17, 15) is 22.6 Å². The fourth-order valence-electron chi connectivity index (χ4n) is 11.0. The second kappa shape index (κ2) is 28.6. The molecule has 0 aromatic heterocycles. The number of anilines is 2. The van der Waals surface area contributed by atoms with Gasteiger partial charge in [-0.3, -0.25) is 9.59 Å². The van der Waals surface area contributed by atoms with E-state index in [4.69, 9.17) is 17.4 Å². The maximum atomic E-state index is 13.9. The summed E-state index contributed by atoms with van der Waals surface area (Å²) >= 11 is 0. The number of aryl methyl sites for hydroxylation is 1. The van der Waals surface area contributed by atoms with Gasteiger partial charge in [0.2, 0.25) is 11.8 Å². The molecule has 0 fully saturated rings. The Hall–Kier alpha value is -5.64. The van der Waals surface area contributed by atoms with Crippen LogP contribution < -0.4 is 79.0 Å². The number of rotatable bonds is 17. The number of benzene rings is 5. The van der Waals surface area contributed by atoms with E-state index in [1.807, 2.05) is 54.6 Å². The zero-order valence-electron chi connectivity index (χ0n) is 47.7. The number of amides is 2. The summed E-state index contributed by atoms with van der Waals surface area (Å²) in [5.74, 6) is 7.45. The molecule has 3 aliphatic heterocycles. The Labute approximate surface area is 523 Å². The molecule has 13 nitrogen and oxygen atoms in total. The Balaban J connectivity index is 0.00000170. The molecule has 5 aromatic carbocycles. The minimum atomic E-state index is -4.64. The molecule has 81 heavy (non-hydrogen) atoms. The van der Waals surface area contributed by atoms with Gasteiger partial charge < -0.3 is 24.4 Å². The molecule has 3 heterocycles. The smallest absolute Gasteiger partial charge is 0.744 e. The Morgan fingerprint density at radius 2 is 1.53 bits per heavy atom. The molecular formula is C64H67N4Na2O9S2+. The van der Waals surface area contributed by atoms with Crippen LogP contribution in [0.4, 0.5) is 17.1 Å². The summed E-state index contributed by atoms with van der Waals surface area (Å²) in [6.07, 6.45) is 15.6. The Kier molecular flexibility index (Phi) is 22.8. The standard InChI is InChI=1S/C64H68N4O6S.2Na.O3S/c1-7-8-15-41-66-56-25-14-12-23-53(56)63(3,4)58(66)37-30-48-21-16-22-49(62(48)74-51-32-34-52(35-33-51)75(71,72)73)31-38-59-64(5,6)54-43-45(2)27-36-57(54)67(59)42-17-26-60(69)65-40-39-61(70)68-44-50-20-10-9-18-46(50)28-29-47-19-11-13-24-55(47)68;;;1-4(2)3/h9-11,13-14,18-20,23-25,27,30-38,43H,7-8,15-17,21-22,26,39-42,44H2,1-6H3,(H,65,69)(H,71,72,73);;;/q;2*+1;/p-1. The number of unbranched alkanes of at least 4 members (excludes halogenated alkanes) is 2. The fourth-order valence-corrected chi connectivity index (χ4v) is 11.5. The van der Waals surface area contributed by atoms with Crippen LogP contribution in [0.2, 0.25) is 0 Å². The molecule has 1 aliphatic carbocycles. The maximum absolute atomic E-state index is 13.9. The van der Waals surface area contributed by atoms with Crippen LogP contribution in [-0.4, -0.2) is 67.3 Å². The van der Waals surface area contributed by atoms with Gasteiger partial charge in [0.25, 0.3) is 0 Å². The van der Waals surface area contributed by atoms with Gasteiger partial charge in [0, 0.05) is 71.8 Å². The van der Waals surface area contributed by atoms with Crippen molar-refractivity contribution in [1.29, 1.82) is 0 Å². The molecule has 1 N–H and O–H groups in total. The van der Waals surface area contributed by atoms with Gasteiger partial charge in [-0.25, -0.2) is 13.0 Å². The number of ether oxygens (including phenoxy) is 1. The predicted molar refractivity (Wildman–Crippen MR) is 307 cm³/mol. The first-order valence-electron chi connectivity index (χ1n) is 26.9. The number of nitrogens with zero attached hydrogens (tertiary/aromatic N) is 3. The van der Waals surface area contributed by atoms with Gasteiger partial charge in [0.1, 0.15) is 33.9 Å². The van der Waals surface area contributed by atoms with E-state index in [0.29, 0.717) is 31.0 Å². The van der Waals surface area contributed by atoms with Gasteiger partial charge >= 0.3 is 69.7 Å². The molecule has 0 radical (unpaired) electrons. The maximum Gasteiger partial charge on any atom is 1.00 e. The van der Waals surface area contributed by atoms with Gasteiger partial charge in [0.15, 0.2) is 5.71 Å². The third-order valence-electron chi connectivity index (χ3n) is 15.1. The summed E-state index contributed by atoms with van der Waals surface area (Å²) in [4.78, 5) is 31.1. The van der Waals surface area contributed by atoms with E-state index in [0.717, 1.165) is 90.0 Å². The third kappa shape index (κ3) is 15.5. The molecule has 0 saturated carbocycles. The third-order valence-corrected chi connectivity index (χ3v) is 15.9. The topological polar surface area (TPSA) is 173 Å². The van der Waals surface area contributed by atoms with Crippen molar-refractivity contribution in [1.82, 2.24) is 5.32 Å². The normalized spacial score (nSPS) is 16.5. The molecule has 0 saturated heterocycles. The van der Waals surface area contributed by atoms with Crippen LogP contribution in [0.3, 0.4) is 0 Å². The SMILES string of the molecule is CCCCC[N+]1=C(/C=C/C2=C(Oc3ccc(S(=O)(=O)[O-])cc3)C(=C/C=C3/N(CCCC(=O)NCCC(=O)N4Cc5ccccc5C#Cc5ccccc54)c4ccc(C)cc4C3(C)C)/CCC2)C(C)(C)c2c[c-]ccc21.O=S(=O)=O.[Na+].[Na+]. The molecule has 0 bridgehead atoms. The van der Waals surface area contributed by atoms with Crippen LogP contribution in [0.25, 0.3) is 0 Å². The number of nitrogens with one attached hydrogen (secondary N) is 1. The van der Waals surface area contributed by atoms with Crippen LogP contribution in [0.1, 0.15) is 126 Å². The number of carbonyl (C=O) groups is 2. The van der Waals surface area contributed by atoms with Crippen molar-refractivity contribution >= 4 is 55.3 Å². The Bertz CT molecular complexity index is 3630. The monoisotopic (exact) mass is 1150 g/mol. The van der Waals surface area contributed by atoms with E-state index >= 15 is 0 Å². The fraction of sp³-hybridized carbons (Fsp3) is 0.328. The molecular weight excluding hydrogens is 1080 g/mol. The van der Waals surface area contributed by atoms with Gasteiger partial charge in [-0.2, -0.15) is 18.2 Å². The number of para-hydroxylation sites is 1. The first-order valence-corrected chi connectivity index (χ1v) is 29.3. The largest absolute Gasteiger partial charge is 1.00 e. The molecule has 2 amide bonds. The Morgan fingerprint density at radius 3 is 2.26 bits per heavy atom. The molecule has 410 valence electrons. The van der Waals surface area contributed by atoms with Gasteiger partial charge in [-0.05, 0) is 122 Å². The summed E-state index contributed by atoms with van der Waals surface area (Å²) in [7, 11) is -7.75. The van der Waals surface area contributed by atoms with Crippen molar-refractivity contribution < 1.29 is 104 Å². The average Bonchev–Trinajstić information content (AvgIpc) is 3.97. The van der Waals surface area contributed by atoms with Gasteiger partial charge in [0.05, 0.1) is 17.1 Å². The van der Waals surface area contributed by atoms with E-state index in [1.165, 1.54) is 40.2 Å². The molecule has 0 unspecified atom stereocenters. The molecule has 0 spiro atoms. The summed E-state index contributed by atoms with van der Waals surface area (Å²) in [5, 5.41) is 3.03. The molecule has 17 heteroatoms. The second-order valence-corrected chi connectivity index (χ2v) is 23.0. The zero-order chi connectivity index (χ0) is 56.5. The predicted octanol–water partition coefficient (Wildman–Crippen LogP) is 5.18. The summed E-state index contributed by atoms with van der Waals surface area (Å²) in [6, 6.07) is 37.4. The van der Waals surface area contributed by atoms with Gasteiger partial charge in [-0.1, -0.05) is 113 Å². The number of fused-ring (bicyclic) bond motifs is 4. The minimum absolute atomic E-state index is 0. The van der Waals surface area contributed by atoms with Crippen LogP contribution in [0, 0.1) is 24.8 Å². The molecule has 4 aliphatic rings. The number of carbonyl (C=O) groups excluding carboxylic acids is 2. The van der Waals surface area contributed by atoms with Crippen molar-refractivity contribution in [2.45, 2.75) is 122 Å². The van der Waals surface area contributed by atoms with Crippen molar-refractivity contribution in [3.63, 3.8) is 0 Å². The quantitative estimate of drug-likeness (QED) is 0.0327. The zero-order valence-corrected chi connectivity index (χ0v) is 53.4. The van der Waals surface area contributed by atoms with Crippen molar-refractivity contribution in [2.24, 2.45) is 0 Å². The molecule has 5 aromatic rings.